The first-order valence-electron chi connectivity index (χ1n) is 5.59. The fraction of sp³-hybridized carbons (Fsp3) is 0. The van der Waals surface area contributed by atoms with Gasteiger partial charge in [0.15, 0.2) is 0 Å². The van der Waals surface area contributed by atoms with Crippen LogP contribution in [0.1, 0.15) is 5.56 Å². The number of aliphatic carboxylic acids is 1. The van der Waals surface area contributed by atoms with Gasteiger partial charge in [-0.25, -0.2) is 14.4 Å². The fourth-order valence-corrected chi connectivity index (χ4v) is 1.23. The van der Waals surface area contributed by atoms with Crippen molar-refractivity contribution in [2.45, 2.75) is 0 Å². The van der Waals surface area contributed by atoms with Gasteiger partial charge in [0.25, 0.3) is 0 Å². The fourth-order valence-electron chi connectivity index (χ4n) is 1.23. The molecule has 0 amide bonds. The number of carbonyl (C=O) groups is 3. The minimum atomic E-state index is -1.31. The van der Waals surface area contributed by atoms with Gasteiger partial charge in [0.1, 0.15) is 0 Å². The first kappa shape index (κ1) is 15.1. The van der Waals surface area contributed by atoms with Crippen LogP contribution in [-0.2, 0) is 19.1 Å². The van der Waals surface area contributed by atoms with Crippen LogP contribution in [-0.4, -0.2) is 23.0 Å². The molecule has 0 unspecified atom stereocenters. The Hall–Kier alpha value is -2.95. The standard InChI is InChI=1S/C15H12O5/c1-2-13(16)20-14(17)10-12(15(18)19)9-8-11-6-4-3-5-7-11/h2-10H,1H2,(H,18,19)/b9-8?,12-10-. The molecule has 1 rings (SSSR count). The van der Waals surface area contributed by atoms with E-state index in [-0.39, 0.29) is 5.57 Å². The molecule has 102 valence electrons. The Morgan fingerprint density at radius 2 is 1.75 bits per heavy atom. The number of carboxylic acid groups (broad SMARTS) is 1. The number of esters is 2. The van der Waals surface area contributed by atoms with Crippen LogP contribution in [0.15, 0.2) is 60.7 Å². The number of rotatable bonds is 5. The Morgan fingerprint density at radius 3 is 2.30 bits per heavy atom. The topological polar surface area (TPSA) is 80.7 Å². The lowest BCUT2D eigenvalue weighted by atomic mass is 10.1. The molecule has 0 spiro atoms. The highest BCUT2D eigenvalue weighted by Crippen LogP contribution is 2.06. The van der Waals surface area contributed by atoms with E-state index in [0.29, 0.717) is 0 Å². The molecule has 0 saturated carbocycles. The first-order valence-corrected chi connectivity index (χ1v) is 5.59. The predicted molar refractivity (Wildman–Crippen MR) is 72.5 cm³/mol. The molecular weight excluding hydrogens is 260 g/mol. The first-order chi connectivity index (χ1) is 9.52. The van der Waals surface area contributed by atoms with E-state index >= 15 is 0 Å². The molecule has 0 heterocycles. The summed E-state index contributed by atoms with van der Waals surface area (Å²) in [7, 11) is 0. The summed E-state index contributed by atoms with van der Waals surface area (Å²) < 4.78 is 4.26. The van der Waals surface area contributed by atoms with Crippen LogP contribution in [0.2, 0.25) is 0 Å². The van der Waals surface area contributed by atoms with Crippen LogP contribution in [0.5, 0.6) is 0 Å². The van der Waals surface area contributed by atoms with Gasteiger partial charge in [0.2, 0.25) is 0 Å². The average Bonchev–Trinajstić information content (AvgIpc) is 2.44. The molecule has 0 atom stereocenters. The molecule has 0 fully saturated rings. The zero-order valence-electron chi connectivity index (χ0n) is 10.5. The van der Waals surface area contributed by atoms with E-state index < -0.39 is 17.9 Å². The number of carbonyl (C=O) groups excluding carboxylic acids is 2. The van der Waals surface area contributed by atoms with Crippen molar-refractivity contribution >= 4 is 24.0 Å². The van der Waals surface area contributed by atoms with Gasteiger partial charge in [0, 0.05) is 12.2 Å². The molecule has 0 aromatic heterocycles. The minimum absolute atomic E-state index is 0.296. The van der Waals surface area contributed by atoms with E-state index in [1.807, 2.05) is 6.07 Å². The summed E-state index contributed by atoms with van der Waals surface area (Å²) in [6, 6.07) is 8.95. The molecule has 0 bridgehead atoms. The summed E-state index contributed by atoms with van der Waals surface area (Å²) in [5.74, 6) is -3.31. The second-order valence-corrected chi connectivity index (χ2v) is 3.59. The summed E-state index contributed by atoms with van der Waals surface area (Å²) in [6.45, 7) is 3.13. The van der Waals surface area contributed by atoms with Gasteiger partial charge >= 0.3 is 17.9 Å². The molecule has 0 saturated heterocycles. The van der Waals surface area contributed by atoms with Crippen molar-refractivity contribution in [3.8, 4) is 0 Å². The number of hydrogen-bond donors (Lipinski definition) is 1. The van der Waals surface area contributed by atoms with Gasteiger partial charge in [0.05, 0.1) is 5.57 Å². The van der Waals surface area contributed by atoms with Crippen molar-refractivity contribution in [2.75, 3.05) is 0 Å². The lowest BCUT2D eigenvalue weighted by Crippen LogP contribution is -2.09. The Labute approximate surface area is 115 Å². The maximum atomic E-state index is 11.3. The van der Waals surface area contributed by atoms with Crippen LogP contribution in [0.3, 0.4) is 0 Å². The minimum Gasteiger partial charge on any atom is -0.478 e. The highest BCUT2D eigenvalue weighted by molar-refractivity contribution is 6.02. The summed E-state index contributed by atoms with van der Waals surface area (Å²) in [5, 5.41) is 8.96. The highest BCUT2D eigenvalue weighted by atomic mass is 16.6. The third-order valence-electron chi connectivity index (χ3n) is 2.14. The molecular formula is C15H12O5. The lowest BCUT2D eigenvalue weighted by molar-refractivity contribution is -0.152. The van der Waals surface area contributed by atoms with E-state index in [9.17, 15) is 14.4 Å². The highest BCUT2D eigenvalue weighted by Gasteiger charge is 2.09. The zero-order chi connectivity index (χ0) is 15.0. The second kappa shape index (κ2) is 7.48. The second-order valence-electron chi connectivity index (χ2n) is 3.59. The van der Waals surface area contributed by atoms with Crippen LogP contribution in [0.25, 0.3) is 6.08 Å². The van der Waals surface area contributed by atoms with E-state index in [2.05, 4.69) is 11.3 Å². The molecule has 1 aromatic rings. The maximum Gasteiger partial charge on any atom is 0.339 e. The third kappa shape index (κ3) is 5.14. The molecule has 0 aliphatic carbocycles. The third-order valence-corrected chi connectivity index (χ3v) is 2.14. The quantitative estimate of drug-likeness (QED) is 0.383. The molecule has 1 aromatic carbocycles. The van der Waals surface area contributed by atoms with Gasteiger partial charge in [-0.1, -0.05) is 43.0 Å². The molecule has 20 heavy (non-hydrogen) atoms. The van der Waals surface area contributed by atoms with Gasteiger partial charge < -0.3 is 9.84 Å². The number of benzene rings is 1. The van der Waals surface area contributed by atoms with Crippen LogP contribution in [0, 0.1) is 0 Å². The van der Waals surface area contributed by atoms with Gasteiger partial charge in [-0.15, -0.1) is 0 Å². The van der Waals surface area contributed by atoms with E-state index in [0.717, 1.165) is 17.7 Å². The van der Waals surface area contributed by atoms with Crippen molar-refractivity contribution < 1.29 is 24.2 Å². The Balaban J connectivity index is 2.87. The average molecular weight is 272 g/mol. The molecule has 1 N–H and O–H groups in total. The summed E-state index contributed by atoms with van der Waals surface area (Å²) in [4.78, 5) is 33.1. The zero-order valence-corrected chi connectivity index (χ0v) is 10.5. The molecule has 0 aliphatic rings. The molecule has 5 nitrogen and oxygen atoms in total. The summed E-state index contributed by atoms with van der Waals surface area (Å²) in [5.41, 5.74) is 0.478. The smallest absolute Gasteiger partial charge is 0.339 e. The van der Waals surface area contributed by atoms with Crippen LogP contribution >= 0.6 is 0 Å². The van der Waals surface area contributed by atoms with Crippen LogP contribution < -0.4 is 0 Å². The molecule has 5 heteroatoms. The largest absolute Gasteiger partial charge is 0.478 e. The molecule has 0 aliphatic heterocycles. The monoisotopic (exact) mass is 272 g/mol. The number of ether oxygens (including phenoxy) is 1. The van der Waals surface area contributed by atoms with Crippen LogP contribution in [0.4, 0.5) is 0 Å². The number of carboxylic acids is 1. The summed E-state index contributed by atoms with van der Waals surface area (Å²) in [6.07, 6.45) is 4.31. The Morgan fingerprint density at radius 1 is 1.10 bits per heavy atom. The number of hydrogen-bond acceptors (Lipinski definition) is 4. The van der Waals surface area contributed by atoms with E-state index in [1.165, 1.54) is 12.2 Å². The van der Waals surface area contributed by atoms with E-state index in [1.54, 1.807) is 24.3 Å². The Bertz CT molecular complexity index is 582. The summed E-state index contributed by atoms with van der Waals surface area (Å²) >= 11 is 0. The van der Waals surface area contributed by atoms with Crippen molar-refractivity contribution in [1.82, 2.24) is 0 Å². The van der Waals surface area contributed by atoms with Gasteiger partial charge in [-0.2, -0.15) is 0 Å². The normalized spacial score (nSPS) is 11.1. The maximum absolute atomic E-state index is 11.3. The lowest BCUT2D eigenvalue weighted by Gasteiger charge is -1.97. The van der Waals surface area contributed by atoms with E-state index in [4.69, 9.17) is 5.11 Å². The predicted octanol–water partition coefficient (Wildman–Crippen LogP) is 1.97. The van der Waals surface area contributed by atoms with Crippen molar-refractivity contribution in [1.29, 1.82) is 0 Å². The van der Waals surface area contributed by atoms with Crippen molar-refractivity contribution in [3.05, 3.63) is 66.3 Å². The van der Waals surface area contributed by atoms with Crippen molar-refractivity contribution in [3.63, 3.8) is 0 Å². The molecule has 0 radical (unpaired) electrons. The Kier molecular flexibility index (Phi) is 5.65. The van der Waals surface area contributed by atoms with Gasteiger partial charge in [-0.05, 0) is 11.6 Å². The SMILES string of the molecule is C=CC(=O)OC(=O)/C=C(/C=Cc1ccccc1)C(=O)O. The van der Waals surface area contributed by atoms with Crippen molar-refractivity contribution in [2.24, 2.45) is 0 Å². The van der Waals surface area contributed by atoms with Gasteiger partial charge in [-0.3, -0.25) is 0 Å².